The summed E-state index contributed by atoms with van der Waals surface area (Å²) in [6.07, 6.45) is 0. The standard InChI is InChI=1S/C14H10FN3O2/c1-17-13-7-6-11(18(19)20)8-12(13)16-14(17)9-2-4-10(15)5-3-9/h2-8H,1H3. The van der Waals surface area contributed by atoms with Crippen LogP contribution >= 0.6 is 0 Å². The highest BCUT2D eigenvalue weighted by atomic mass is 19.1. The fourth-order valence-electron chi connectivity index (χ4n) is 2.16. The summed E-state index contributed by atoms with van der Waals surface area (Å²) < 4.78 is 14.8. The lowest BCUT2D eigenvalue weighted by Gasteiger charge is -2.02. The first-order valence-corrected chi connectivity index (χ1v) is 5.93. The number of non-ortho nitro benzene ring substituents is 1. The van der Waals surface area contributed by atoms with Crippen molar-refractivity contribution in [3.63, 3.8) is 0 Å². The maximum atomic E-state index is 12.9. The van der Waals surface area contributed by atoms with Gasteiger partial charge in [0.15, 0.2) is 0 Å². The summed E-state index contributed by atoms with van der Waals surface area (Å²) in [6, 6.07) is 10.5. The molecule has 0 bridgehead atoms. The van der Waals surface area contributed by atoms with Crippen LogP contribution in [0.5, 0.6) is 0 Å². The Balaban J connectivity index is 2.19. The molecule has 3 rings (SSSR count). The van der Waals surface area contributed by atoms with Crippen LogP contribution < -0.4 is 0 Å². The number of nitrogens with zero attached hydrogens (tertiary/aromatic N) is 3. The summed E-state index contributed by atoms with van der Waals surface area (Å²) in [5, 5.41) is 10.8. The number of imidazole rings is 1. The number of hydrogen-bond acceptors (Lipinski definition) is 3. The molecular formula is C14H10FN3O2. The van der Waals surface area contributed by atoms with Gasteiger partial charge >= 0.3 is 0 Å². The van der Waals surface area contributed by atoms with E-state index in [2.05, 4.69) is 4.98 Å². The summed E-state index contributed by atoms with van der Waals surface area (Å²) in [7, 11) is 1.82. The molecule has 0 aliphatic heterocycles. The zero-order chi connectivity index (χ0) is 14.3. The Morgan fingerprint density at radius 1 is 1.20 bits per heavy atom. The van der Waals surface area contributed by atoms with Crippen LogP contribution in [0.15, 0.2) is 42.5 Å². The van der Waals surface area contributed by atoms with Crippen molar-refractivity contribution >= 4 is 16.7 Å². The van der Waals surface area contributed by atoms with E-state index in [1.165, 1.54) is 24.3 Å². The normalized spacial score (nSPS) is 10.9. The van der Waals surface area contributed by atoms with Gasteiger partial charge in [0.25, 0.3) is 5.69 Å². The second-order valence-electron chi connectivity index (χ2n) is 4.43. The lowest BCUT2D eigenvalue weighted by molar-refractivity contribution is -0.384. The molecule has 6 heteroatoms. The second-order valence-corrected chi connectivity index (χ2v) is 4.43. The third kappa shape index (κ3) is 1.91. The third-order valence-corrected chi connectivity index (χ3v) is 3.18. The largest absolute Gasteiger partial charge is 0.327 e. The fourth-order valence-corrected chi connectivity index (χ4v) is 2.16. The van der Waals surface area contributed by atoms with Crippen LogP contribution in [-0.4, -0.2) is 14.5 Å². The number of benzene rings is 2. The van der Waals surface area contributed by atoms with Crippen LogP contribution in [0.2, 0.25) is 0 Å². The smallest absolute Gasteiger partial charge is 0.271 e. The summed E-state index contributed by atoms with van der Waals surface area (Å²) in [5.41, 5.74) is 2.09. The van der Waals surface area contributed by atoms with Crippen LogP contribution in [-0.2, 0) is 7.05 Å². The van der Waals surface area contributed by atoms with Gasteiger partial charge in [0, 0.05) is 24.7 Å². The summed E-state index contributed by atoms with van der Waals surface area (Å²) in [4.78, 5) is 14.7. The Hall–Kier alpha value is -2.76. The first-order valence-electron chi connectivity index (χ1n) is 5.93. The average Bonchev–Trinajstić information content (AvgIpc) is 2.76. The Morgan fingerprint density at radius 2 is 1.90 bits per heavy atom. The minimum absolute atomic E-state index is 0.00116. The number of halogens is 1. The average molecular weight is 271 g/mol. The Morgan fingerprint density at radius 3 is 2.55 bits per heavy atom. The molecule has 0 aliphatic rings. The van der Waals surface area contributed by atoms with Gasteiger partial charge in [0.1, 0.15) is 11.6 Å². The molecule has 0 saturated carbocycles. The zero-order valence-corrected chi connectivity index (χ0v) is 10.6. The highest BCUT2D eigenvalue weighted by Crippen LogP contribution is 2.26. The van der Waals surface area contributed by atoms with Gasteiger partial charge in [-0.05, 0) is 30.3 Å². The number of fused-ring (bicyclic) bond motifs is 1. The van der Waals surface area contributed by atoms with Crippen LogP contribution in [0.25, 0.3) is 22.4 Å². The van der Waals surface area contributed by atoms with Crippen molar-refractivity contribution in [3.05, 3.63) is 58.4 Å². The zero-order valence-electron chi connectivity index (χ0n) is 10.6. The molecule has 100 valence electrons. The van der Waals surface area contributed by atoms with E-state index < -0.39 is 4.92 Å². The number of aromatic nitrogens is 2. The maximum absolute atomic E-state index is 12.9. The van der Waals surface area contributed by atoms with E-state index in [4.69, 9.17) is 0 Å². The van der Waals surface area contributed by atoms with E-state index in [1.54, 1.807) is 18.2 Å². The molecule has 1 aromatic heterocycles. The van der Waals surface area contributed by atoms with Gasteiger partial charge in [-0.25, -0.2) is 9.37 Å². The molecule has 0 atom stereocenters. The van der Waals surface area contributed by atoms with Crippen LogP contribution in [0.3, 0.4) is 0 Å². The third-order valence-electron chi connectivity index (χ3n) is 3.18. The quantitative estimate of drug-likeness (QED) is 0.530. The minimum Gasteiger partial charge on any atom is -0.327 e. The van der Waals surface area contributed by atoms with Gasteiger partial charge in [-0.2, -0.15) is 0 Å². The maximum Gasteiger partial charge on any atom is 0.271 e. The first kappa shape index (κ1) is 12.3. The van der Waals surface area contributed by atoms with Gasteiger partial charge in [-0.3, -0.25) is 10.1 Å². The molecule has 0 amide bonds. The monoisotopic (exact) mass is 271 g/mol. The van der Waals surface area contributed by atoms with Crippen molar-refractivity contribution < 1.29 is 9.31 Å². The SMILES string of the molecule is Cn1c(-c2ccc(F)cc2)nc2cc([N+](=O)[O-])ccc21. The van der Waals surface area contributed by atoms with Gasteiger partial charge in [0.2, 0.25) is 0 Å². The molecule has 0 fully saturated rings. The van der Waals surface area contributed by atoms with Gasteiger partial charge in [-0.15, -0.1) is 0 Å². The van der Waals surface area contributed by atoms with E-state index in [0.29, 0.717) is 11.3 Å². The van der Waals surface area contributed by atoms with Crippen molar-refractivity contribution in [2.75, 3.05) is 0 Å². The Labute approximate surface area is 113 Å². The summed E-state index contributed by atoms with van der Waals surface area (Å²) in [5.74, 6) is 0.323. The Kier molecular flexibility index (Phi) is 2.71. The van der Waals surface area contributed by atoms with Crippen molar-refractivity contribution in [2.24, 2.45) is 7.05 Å². The van der Waals surface area contributed by atoms with Crippen molar-refractivity contribution in [3.8, 4) is 11.4 Å². The van der Waals surface area contributed by atoms with E-state index in [9.17, 15) is 14.5 Å². The molecule has 0 spiro atoms. The molecular weight excluding hydrogens is 261 g/mol. The highest BCUT2D eigenvalue weighted by Gasteiger charge is 2.13. The molecule has 20 heavy (non-hydrogen) atoms. The summed E-state index contributed by atoms with van der Waals surface area (Å²) in [6.45, 7) is 0. The molecule has 0 aliphatic carbocycles. The predicted molar refractivity (Wildman–Crippen MR) is 72.8 cm³/mol. The van der Waals surface area contributed by atoms with E-state index in [0.717, 1.165) is 11.1 Å². The second kappa shape index (κ2) is 4.41. The molecule has 2 aromatic carbocycles. The van der Waals surface area contributed by atoms with Crippen molar-refractivity contribution in [1.82, 2.24) is 9.55 Å². The van der Waals surface area contributed by atoms with Gasteiger partial charge < -0.3 is 4.57 Å². The van der Waals surface area contributed by atoms with Gasteiger partial charge in [0.05, 0.1) is 16.0 Å². The van der Waals surface area contributed by atoms with Crippen LogP contribution in [0.1, 0.15) is 0 Å². The fraction of sp³-hybridized carbons (Fsp3) is 0.0714. The molecule has 0 unspecified atom stereocenters. The van der Waals surface area contributed by atoms with Gasteiger partial charge in [-0.1, -0.05) is 0 Å². The van der Waals surface area contributed by atoms with E-state index in [1.807, 2.05) is 11.6 Å². The molecule has 0 radical (unpaired) electrons. The lowest BCUT2D eigenvalue weighted by Crippen LogP contribution is -1.92. The van der Waals surface area contributed by atoms with E-state index in [-0.39, 0.29) is 11.5 Å². The number of nitro groups is 1. The van der Waals surface area contributed by atoms with Crippen molar-refractivity contribution in [1.29, 1.82) is 0 Å². The number of aryl methyl sites for hydroxylation is 1. The molecule has 5 nitrogen and oxygen atoms in total. The van der Waals surface area contributed by atoms with Crippen LogP contribution in [0.4, 0.5) is 10.1 Å². The summed E-state index contributed by atoms with van der Waals surface area (Å²) >= 11 is 0. The molecule has 1 heterocycles. The number of rotatable bonds is 2. The number of hydrogen-bond donors (Lipinski definition) is 0. The molecule has 0 saturated heterocycles. The number of nitro benzene ring substituents is 1. The predicted octanol–water partition coefficient (Wildman–Crippen LogP) is 3.29. The Bertz CT molecular complexity index is 809. The molecule has 3 aromatic rings. The van der Waals surface area contributed by atoms with Crippen molar-refractivity contribution in [2.45, 2.75) is 0 Å². The highest BCUT2D eigenvalue weighted by molar-refractivity contribution is 5.82. The molecule has 0 N–H and O–H groups in total. The topological polar surface area (TPSA) is 61.0 Å². The first-order chi connectivity index (χ1) is 9.56. The minimum atomic E-state index is -0.453. The van der Waals surface area contributed by atoms with E-state index >= 15 is 0 Å². The van der Waals surface area contributed by atoms with Crippen LogP contribution in [0, 0.1) is 15.9 Å². The lowest BCUT2D eigenvalue weighted by atomic mass is 10.2.